The van der Waals surface area contributed by atoms with Crippen LogP contribution < -0.4 is 19.5 Å². The molecular formula is C28H31NO6. The molecule has 0 amide bonds. The molecule has 7 heteroatoms. The van der Waals surface area contributed by atoms with Crippen LogP contribution in [-0.4, -0.2) is 39.7 Å². The number of ketones is 1. The molecule has 2 aliphatic rings. The quantitative estimate of drug-likeness (QED) is 0.582. The summed E-state index contributed by atoms with van der Waals surface area (Å²) in [4.78, 5) is 26.5. The summed E-state index contributed by atoms with van der Waals surface area (Å²) in [6.45, 7) is 4.29. The van der Waals surface area contributed by atoms with Gasteiger partial charge in [-0.2, -0.15) is 0 Å². The van der Waals surface area contributed by atoms with Gasteiger partial charge in [0, 0.05) is 29.3 Å². The van der Waals surface area contributed by atoms with Crippen LogP contribution in [0.25, 0.3) is 0 Å². The van der Waals surface area contributed by atoms with Gasteiger partial charge in [0.2, 0.25) is 0 Å². The Morgan fingerprint density at radius 3 is 2.46 bits per heavy atom. The second-order valence-corrected chi connectivity index (χ2v) is 8.63. The Morgan fingerprint density at radius 2 is 1.77 bits per heavy atom. The average molecular weight is 478 g/mol. The normalized spacial score (nSPS) is 19.6. The third kappa shape index (κ3) is 4.63. The molecule has 0 saturated carbocycles. The number of nitrogens with one attached hydrogen (secondary N) is 1. The second-order valence-electron chi connectivity index (χ2n) is 8.63. The Bertz CT molecular complexity index is 1210. The van der Waals surface area contributed by atoms with E-state index < -0.39 is 11.9 Å². The standard InChI is InChI=1S/C28H31NO6/c1-6-35-20-9-7-8-18(12-20)26-25(28(31)34-5)16(2)29-21-13-19(14-22(30)27(21)26)17-10-11-23(32-3)24(15-17)33-4/h7-12,15,19,26,29H,6,13-14H2,1-5H3/t19-,26+/m1/s1. The number of ether oxygens (including phenoxy) is 4. The molecule has 0 saturated heterocycles. The minimum Gasteiger partial charge on any atom is -0.494 e. The zero-order valence-electron chi connectivity index (χ0n) is 20.8. The lowest BCUT2D eigenvalue weighted by atomic mass is 9.71. The van der Waals surface area contributed by atoms with E-state index in [1.165, 1.54) is 7.11 Å². The van der Waals surface area contributed by atoms with Crippen LogP contribution in [0.1, 0.15) is 49.7 Å². The van der Waals surface area contributed by atoms with E-state index in [0.717, 1.165) is 16.8 Å². The highest BCUT2D eigenvalue weighted by atomic mass is 16.5. The SMILES string of the molecule is CCOc1cccc([C@H]2C(C(=O)OC)=C(C)NC3=C2C(=O)C[C@H](c2ccc(OC)c(OC)c2)C3)c1. The molecular weight excluding hydrogens is 446 g/mol. The van der Waals surface area contributed by atoms with Crippen molar-refractivity contribution in [3.8, 4) is 17.2 Å². The molecule has 2 aromatic carbocycles. The van der Waals surface area contributed by atoms with E-state index >= 15 is 0 Å². The Morgan fingerprint density at radius 1 is 1.00 bits per heavy atom. The van der Waals surface area contributed by atoms with E-state index in [-0.39, 0.29) is 11.7 Å². The van der Waals surface area contributed by atoms with Crippen molar-refractivity contribution in [1.82, 2.24) is 5.32 Å². The monoisotopic (exact) mass is 477 g/mol. The fourth-order valence-electron chi connectivity index (χ4n) is 5.05. The number of rotatable bonds is 7. The lowest BCUT2D eigenvalue weighted by Gasteiger charge is -2.36. The largest absolute Gasteiger partial charge is 0.494 e. The summed E-state index contributed by atoms with van der Waals surface area (Å²) in [5.41, 5.74) is 4.39. The van der Waals surface area contributed by atoms with Gasteiger partial charge in [0.05, 0.1) is 33.5 Å². The lowest BCUT2D eigenvalue weighted by molar-refractivity contribution is -0.136. The first-order valence-corrected chi connectivity index (χ1v) is 11.7. The van der Waals surface area contributed by atoms with Crippen LogP contribution in [0.15, 0.2) is 65.0 Å². The van der Waals surface area contributed by atoms with E-state index in [1.807, 2.05) is 56.3 Å². The smallest absolute Gasteiger partial charge is 0.336 e. The van der Waals surface area contributed by atoms with Gasteiger partial charge in [0.1, 0.15) is 5.75 Å². The summed E-state index contributed by atoms with van der Waals surface area (Å²) in [6.07, 6.45) is 0.954. The molecule has 1 aliphatic heterocycles. The molecule has 1 N–H and O–H groups in total. The van der Waals surface area contributed by atoms with Crippen LogP contribution in [0.2, 0.25) is 0 Å². The zero-order chi connectivity index (χ0) is 25.1. The number of carbonyl (C=O) groups excluding carboxylic acids is 2. The summed E-state index contributed by atoms with van der Waals surface area (Å²) in [7, 11) is 4.55. The molecule has 1 heterocycles. The maximum atomic E-state index is 13.7. The number of Topliss-reactive ketones (excluding diaryl/α,β-unsaturated/α-hetero) is 1. The average Bonchev–Trinajstić information content (AvgIpc) is 2.87. The number of allylic oxidation sites excluding steroid dienone is 3. The van der Waals surface area contributed by atoms with Crippen molar-refractivity contribution < 1.29 is 28.5 Å². The topological polar surface area (TPSA) is 83.1 Å². The molecule has 2 atom stereocenters. The Kier molecular flexibility index (Phi) is 7.15. The van der Waals surface area contributed by atoms with Crippen molar-refractivity contribution >= 4 is 11.8 Å². The van der Waals surface area contributed by atoms with Crippen molar-refractivity contribution in [3.05, 3.63) is 76.1 Å². The third-order valence-corrected chi connectivity index (χ3v) is 6.61. The first-order valence-electron chi connectivity index (χ1n) is 11.7. The second kappa shape index (κ2) is 10.3. The molecule has 35 heavy (non-hydrogen) atoms. The molecule has 7 nitrogen and oxygen atoms in total. The molecule has 0 spiro atoms. The fourth-order valence-corrected chi connectivity index (χ4v) is 5.05. The van der Waals surface area contributed by atoms with Gasteiger partial charge in [0.25, 0.3) is 0 Å². The summed E-state index contributed by atoms with van der Waals surface area (Å²) in [5, 5.41) is 3.35. The predicted molar refractivity (Wildman–Crippen MR) is 132 cm³/mol. The van der Waals surface area contributed by atoms with Gasteiger partial charge in [-0.25, -0.2) is 4.79 Å². The van der Waals surface area contributed by atoms with Crippen LogP contribution >= 0.6 is 0 Å². The number of hydrogen-bond acceptors (Lipinski definition) is 7. The third-order valence-electron chi connectivity index (χ3n) is 6.61. The molecule has 0 unspecified atom stereocenters. The van der Waals surface area contributed by atoms with Crippen LogP contribution in [0.4, 0.5) is 0 Å². The van der Waals surface area contributed by atoms with Crippen molar-refractivity contribution in [3.63, 3.8) is 0 Å². The molecule has 2 aromatic rings. The number of methoxy groups -OCH3 is 3. The molecule has 1 aliphatic carbocycles. The first-order chi connectivity index (χ1) is 16.9. The molecule has 0 aromatic heterocycles. The van der Waals surface area contributed by atoms with E-state index in [9.17, 15) is 9.59 Å². The van der Waals surface area contributed by atoms with Gasteiger partial charge in [-0.15, -0.1) is 0 Å². The van der Waals surface area contributed by atoms with Crippen LogP contribution in [0.5, 0.6) is 17.2 Å². The molecule has 0 radical (unpaired) electrons. The van der Waals surface area contributed by atoms with E-state index in [4.69, 9.17) is 18.9 Å². The van der Waals surface area contributed by atoms with Gasteiger partial charge >= 0.3 is 5.97 Å². The highest BCUT2D eigenvalue weighted by Crippen LogP contribution is 2.46. The number of dihydropyridines is 1. The summed E-state index contributed by atoms with van der Waals surface area (Å²) < 4.78 is 21.6. The highest BCUT2D eigenvalue weighted by molar-refractivity contribution is 6.04. The van der Waals surface area contributed by atoms with Crippen molar-refractivity contribution in [2.24, 2.45) is 0 Å². The lowest BCUT2D eigenvalue weighted by Crippen LogP contribution is -2.36. The number of hydrogen-bond donors (Lipinski definition) is 1. The first kappa shape index (κ1) is 24.4. The maximum absolute atomic E-state index is 13.7. The number of esters is 1. The van der Waals surface area contributed by atoms with Gasteiger partial charge in [-0.3, -0.25) is 4.79 Å². The maximum Gasteiger partial charge on any atom is 0.336 e. The molecule has 0 fully saturated rings. The van der Waals surface area contributed by atoms with E-state index in [1.54, 1.807) is 14.2 Å². The van der Waals surface area contributed by atoms with Crippen LogP contribution in [-0.2, 0) is 14.3 Å². The molecule has 0 bridgehead atoms. The van der Waals surface area contributed by atoms with Crippen LogP contribution in [0.3, 0.4) is 0 Å². The van der Waals surface area contributed by atoms with Gasteiger partial charge in [-0.1, -0.05) is 18.2 Å². The van der Waals surface area contributed by atoms with Crippen molar-refractivity contribution in [2.45, 2.75) is 38.5 Å². The summed E-state index contributed by atoms with van der Waals surface area (Å²) >= 11 is 0. The predicted octanol–water partition coefficient (Wildman–Crippen LogP) is 4.64. The van der Waals surface area contributed by atoms with Gasteiger partial charge in [-0.05, 0) is 61.6 Å². The minimum absolute atomic E-state index is 0.000694. The van der Waals surface area contributed by atoms with Crippen LogP contribution in [0, 0.1) is 0 Å². The highest BCUT2D eigenvalue weighted by Gasteiger charge is 2.41. The Labute approximate surface area is 205 Å². The fraction of sp³-hybridized carbons (Fsp3) is 0.357. The molecule has 184 valence electrons. The Hall–Kier alpha value is -3.74. The number of carbonyl (C=O) groups is 2. The summed E-state index contributed by atoms with van der Waals surface area (Å²) in [5.74, 6) is 0.948. The zero-order valence-corrected chi connectivity index (χ0v) is 20.8. The van der Waals surface area contributed by atoms with E-state index in [0.29, 0.717) is 53.5 Å². The van der Waals surface area contributed by atoms with Gasteiger partial charge < -0.3 is 24.3 Å². The van der Waals surface area contributed by atoms with Gasteiger partial charge in [0.15, 0.2) is 17.3 Å². The molecule has 4 rings (SSSR count). The van der Waals surface area contributed by atoms with Crippen molar-refractivity contribution in [2.75, 3.05) is 27.9 Å². The number of benzene rings is 2. The van der Waals surface area contributed by atoms with E-state index in [2.05, 4.69) is 5.32 Å². The summed E-state index contributed by atoms with van der Waals surface area (Å²) in [6, 6.07) is 13.3. The van der Waals surface area contributed by atoms with Crippen molar-refractivity contribution in [1.29, 1.82) is 0 Å². The minimum atomic E-state index is -0.530. The Balaban J connectivity index is 1.78.